The van der Waals surface area contributed by atoms with Crippen LogP contribution in [0.4, 0.5) is 0 Å². The van der Waals surface area contributed by atoms with Crippen molar-refractivity contribution in [1.82, 2.24) is 26.6 Å². The topological polar surface area (TPSA) is 296 Å². The van der Waals surface area contributed by atoms with Crippen LogP contribution in [0.2, 0.25) is 0 Å². The molecular weight excluding hydrogens is 738 g/mol. The number of carbonyl (C=O) groups is 6. The zero-order valence-electron chi connectivity index (χ0n) is 34.6. The van der Waals surface area contributed by atoms with E-state index in [1.54, 1.807) is 0 Å². The van der Waals surface area contributed by atoms with Crippen molar-refractivity contribution in [3.05, 3.63) is 12.2 Å². The Morgan fingerprint density at radius 3 is 1.49 bits per heavy atom. The predicted octanol–water partition coefficient (Wildman–Crippen LogP) is 1.15. The van der Waals surface area contributed by atoms with Crippen molar-refractivity contribution in [3.63, 3.8) is 0 Å². The van der Waals surface area contributed by atoms with Crippen molar-refractivity contribution in [2.45, 2.75) is 185 Å². The molecule has 0 aromatic heterocycles. The monoisotopic (exact) mass is 814 g/mol. The van der Waals surface area contributed by atoms with Gasteiger partial charge in [0.05, 0.1) is 18.8 Å². The number of nitrogens with two attached hydrogens (primary N) is 2. The molecule has 0 aromatic carbocycles. The number of carboxylic acids is 1. The number of aliphatic hydroxyl groups excluding tert-OH is 3. The number of carboxylic acid groups (broad SMARTS) is 1. The lowest BCUT2D eigenvalue weighted by Gasteiger charge is -2.29. The number of aliphatic hydroxyl groups is 3. The van der Waals surface area contributed by atoms with Crippen molar-refractivity contribution in [3.8, 4) is 0 Å². The van der Waals surface area contributed by atoms with E-state index in [1.807, 2.05) is 0 Å². The standard InChI is InChI=1S/C40H75N7O10/c1-4-5-6-7-8-9-10-11-12-13-14-15-16-17-18-24-33(51)43-30(22-19-20-25-41)37(53)46-35(29(3)50)39(55)47-34(28(2)49)38(54)44-31(23-21-26-42)36(52)45-32(27-48)40(56)57/h11-12,28-32,34-35,48-50H,4-10,13-27,41-42H2,1-3H3,(H,43,51)(H,44,54)(H,45,52)(H,46,53)(H,47,55)(H,56,57)/b12-11-/t28-,29-,30+,31+,32+,34+,35+/m1/s1. The van der Waals surface area contributed by atoms with Gasteiger partial charge in [-0.3, -0.25) is 24.0 Å². The molecule has 0 aliphatic heterocycles. The molecule has 13 N–H and O–H groups in total. The van der Waals surface area contributed by atoms with Crippen LogP contribution in [0.25, 0.3) is 0 Å². The zero-order chi connectivity index (χ0) is 43.0. The second-order valence-electron chi connectivity index (χ2n) is 14.8. The molecule has 0 radical (unpaired) electrons. The molecule has 0 aromatic rings. The molecule has 0 spiro atoms. The van der Waals surface area contributed by atoms with Crippen molar-refractivity contribution in [2.75, 3.05) is 19.7 Å². The fourth-order valence-electron chi connectivity index (χ4n) is 6.00. The first kappa shape index (κ1) is 53.4. The minimum absolute atomic E-state index is 0.0345. The Labute approximate surface area is 339 Å². The van der Waals surface area contributed by atoms with E-state index in [0.717, 1.165) is 38.5 Å². The minimum Gasteiger partial charge on any atom is -0.480 e. The fourth-order valence-corrected chi connectivity index (χ4v) is 6.00. The van der Waals surface area contributed by atoms with Gasteiger partial charge in [0.25, 0.3) is 0 Å². The fraction of sp³-hybridized carbons (Fsp3) is 0.800. The number of amides is 5. The lowest BCUT2D eigenvalue weighted by atomic mass is 10.0. The summed E-state index contributed by atoms with van der Waals surface area (Å²) >= 11 is 0. The lowest BCUT2D eigenvalue weighted by molar-refractivity contribution is -0.143. The van der Waals surface area contributed by atoms with Crippen molar-refractivity contribution in [1.29, 1.82) is 0 Å². The van der Waals surface area contributed by atoms with E-state index in [4.69, 9.17) is 11.5 Å². The summed E-state index contributed by atoms with van der Waals surface area (Å²) in [6.45, 7) is 4.24. The van der Waals surface area contributed by atoms with Crippen LogP contribution in [0.3, 0.4) is 0 Å². The van der Waals surface area contributed by atoms with Gasteiger partial charge in [0, 0.05) is 6.42 Å². The Morgan fingerprint density at radius 1 is 0.544 bits per heavy atom. The molecule has 0 aliphatic rings. The molecule has 17 heteroatoms. The number of carbonyl (C=O) groups excluding carboxylic acids is 5. The van der Waals surface area contributed by atoms with Gasteiger partial charge in [-0.1, -0.05) is 70.4 Å². The summed E-state index contributed by atoms with van der Waals surface area (Å²) < 4.78 is 0. The van der Waals surface area contributed by atoms with Crippen LogP contribution in [-0.2, 0) is 28.8 Å². The van der Waals surface area contributed by atoms with Gasteiger partial charge in [0.15, 0.2) is 0 Å². The van der Waals surface area contributed by atoms with E-state index in [9.17, 15) is 49.2 Å². The van der Waals surface area contributed by atoms with Crippen LogP contribution in [0, 0.1) is 0 Å². The second kappa shape index (κ2) is 33.3. The summed E-state index contributed by atoms with van der Waals surface area (Å²) in [5.41, 5.74) is 11.2. The molecule has 0 unspecified atom stereocenters. The summed E-state index contributed by atoms with van der Waals surface area (Å²) in [5.74, 6) is -5.57. The maximum Gasteiger partial charge on any atom is 0.328 e. The molecule has 0 saturated heterocycles. The Morgan fingerprint density at radius 2 is 0.982 bits per heavy atom. The van der Waals surface area contributed by atoms with Crippen LogP contribution in [0.1, 0.15) is 143 Å². The van der Waals surface area contributed by atoms with Crippen LogP contribution in [0.5, 0.6) is 0 Å². The Kier molecular flexibility index (Phi) is 31.2. The summed E-state index contributed by atoms with van der Waals surface area (Å²) in [6.07, 6.45) is 17.9. The molecule has 5 amide bonds. The SMILES string of the molecule is CCCCCCCC/C=C\CCCCCCCC(=O)N[C@@H](CCCCN)C(=O)N[C@H](C(=O)N[C@H](C(=O)N[C@@H](CCCN)C(=O)N[C@@H](CO)C(=O)O)[C@@H](C)O)[C@@H](C)O. The number of rotatable bonds is 35. The van der Waals surface area contributed by atoms with Crippen molar-refractivity contribution in [2.24, 2.45) is 11.5 Å². The Balaban J connectivity index is 5.27. The van der Waals surface area contributed by atoms with Gasteiger partial charge in [-0.15, -0.1) is 0 Å². The van der Waals surface area contributed by atoms with Crippen LogP contribution >= 0.6 is 0 Å². The average molecular weight is 814 g/mol. The predicted molar refractivity (Wildman–Crippen MR) is 218 cm³/mol. The van der Waals surface area contributed by atoms with Gasteiger partial charge in [0.2, 0.25) is 29.5 Å². The highest BCUT2D eigenvalue weighted by Gasteiger charge is 2.35. The van der Waals surface area contributed by atoms with E-state index in [1.165, 1.54) is 52.4 Å². The first-order chi connectivity index (χ1) is 27.2. The summed E-state index contributed by atoms with van der Waals surface area (Å²) in [6, 6.07) is -7.31. The van der Waals surface area contributed by atoms with Gasteiger partial charge in [-0.05, 0) is 91.1 Å². The summed E-state index contributed by atoms with van der Waals surface area (Å²) in [5, 5.41) is 51.4. The number of hydrogen-bond acceptors (Lipinski definition) is 11. The zero-order valence-corrected chi connectivity index (χ0v) is 34.6. The summed E-state index contributed by atoms with van der Waals surface area (Å²) in [4.78, 5) is 77.1. The molecule has 0 heterocycles. The smallest absolute Gasteiger partial charge is 0.328 e. The molecule has 0 aliphatic carbocycles. The van der Waals surface area contributed by atoms with E-state index < -0.39 is 78.6 Å². The molecule has 0 rings (SSSR count). The molecule has 0 saturated carbocycles. The van der Waals surface area contributed by atoms with Gasteiger partial charge in [-0.25, -0.2) is 4.79 Å². The van der Waals surface area contributed by atoms with Gasteiger partial charge in [0.1, 0.15) is 30.2 Å². The highest BCUT2D eigenvalue weighted by Crippen LogP contribution is 2.11. The molecule has 17 nitrogen and oxygen atoms in total. The van der Waals surface area contributed by atoms with Crippen molar-refractivity contribution >= 4 is 35.5 Å². The van der Waals surface area contributed by atoms with Crippen LogP contribution < -0.4 is 38.1 Å². The highest BCUT2D eigenvalue weighted by atomic mass is 16.4. The number of unbranched alkanes of at least 4 members (excludes halogenated alkanes) is 12. The largest absolute Gasteiger partial charge is 0.480 e. The quantitative estimate of drug-likeness (QED) is 0.0318. The Hall–Kier alpha value is -3.64. The first-order valence-electron chi connectivity index (χ1n) is 21.0. The lowest BCUT2D eigenvalue weighted by Crippen LogP contribution is -2.62. The van der Waals surface area contributed by atoms with E-state index in [-0.39, 0.29) is 38.1 Å². The first-order valence-corrected chi connectivity index (χ1v) is 21.0. The van der Waals surface area contributed by atoms with Crippen LogP contribution in [-0.4, -0.2) is 118 Å². The normalized spacial score (nSPS) is 15.1. The second-order valence-corrected chi connectivity index (χ2v) is 14.8. The molecule has 0 fully saturated rings. The van der Waals surface area contributed by atoms with E-state index >= 15 is 0 Å². The molecule has 330 valence electrons. The van der Waals surface area contributed by atoms with Crippen molar-refractivity contribution < 1.29 is 49.2 Å². The molecular formula is C40H75N7O10. The molecule has 0 bridgehead atoms. The van der Waals surface area contributed by atoms with Crippen LogP contribution in [0.15, 0.2) is 12.2 Å². The van der Waals surface area contributed by atoms with Gasteiger partial charge < -0.3 is 58.5 Å². The van der Waals surface area contributed by atoms with Gasteiger partial charge in [-0.2, -0.15) is 0 Å². The molecule has 7 atom stereocenters. The van der Waals surface area contributed by atoms with E-state index in [0.29, 0.717) is 25.8 Å². The summed E-state index contributed by atoms with van der Waals surface area (Å²) in [7, 11) is 0. The van der Waals surface area contributed by atoms with Gasteiger partial charge >= 0.3 is 5.97 Å². The third-order valence-electron chi connectivity index (χ3n) is 9.52. The number of allylic oxidation sites excluding steroid dienone is 2. The van der Waals surface area contributed by atoms with E-state index in [2.05, 4.69) is 45.7 Å². The maximum atomic E-state index is 13.4. The third kappa shape index (κ3) is 25.4. The average Bonchev–Trinajstić information content (AvgIpc) is 3.16. The molecule has 57 heavy (non-hydrogen) atoms. The third-order valence-corrected chi connectivity index (χ3v) is 9.52. The highest BCUT2D eigenvalue weighted by molar-refractivity contribution is 5.96. The number of nitrogens with one attached hydrogen (secondary N) is 5. The number of hydrogen-bond donors (Lipinski definition) is 11. The maximum absolute atomic E-state index is 13.4. The number of aliphatic carboxylic acids is 1. The Bertz CT molecular complexity index is 1190. The minimum atomic E-state index is -1.68.